The highest BCUT2D eigenvalue weighted by Crippen LogP contribution is 2.67. The zero-order valence-corrected chi connectivity index (χ0v) is 23.5. The van der Waals surface area contributed by atoms with E-state index in [0.717, 1.165) is 30.9 Å². The molecule has 5 N–H and O–H groups in total. The Kier molecular flexibility index (Phi) is 7.86. The maximum atomic E-state index is 12.9. The molecule has 2 bridgehead atoms. The summed E-state index contributed by atoms with van der Waals surface area (Å²) in [5.74, 6) is -5.40. The first kappa shape index (κ1) is 30.3. The topological polar surface area (TPSA) is 215 Å². The number of benzene rings is 1. The summed E-state index contributed by atoms with van der Waals surface area (Å²) in [5, 5.41) is 42.2. The van der Waals surface area contributed by atoms with Crippen LogP contribution in [0, 0.1) is 5.92 Å². The summed E-state index contributed by atoms with van der Waals surface area (Å²) in [7, 11) is 1.52. The van der Waals surface area contributed by atoms with Crippen molar-refractivity contribution in [1.82, 2.24) is 5.32 Å². The van der Waals surface area contributed by atoms with Crippen LogP contribution in [0.3, 0.4) is 0 Å². The first-order valence-corrected chi connectivity index (χ1v) is 14.0. The number of rotatable bonds is 11. The van der Waals surface area contributed by atoms with E-state index in [-0.39, 0.29) is 18.1 Å². The SMILES string of the molecule is COc1ccc2c3c1O[C@@H]1C(OC(=O)C[C@H](O)C(=O)O[C@@H](C)C(=O)N[C@@H](CC(=O)O)C(=O)O)=CC[C@]4(O)[C@@H](CCC[C@@]314)C2. The average Bonchev–Trinajstić information content (AvgIpc) is 3.28. The lowest BCUT2D eigenvalue weighted by Crippen LogP contribution is -2.67. The van der Waals surface area contributed by atoms with Crippen molar-refractivity contribution in [3.8, 4) is 11.5 Å². The molecule has 1 fully saturated rings. The fraction of sp³-hybridized carbons (Fsp3) is 0.552. The number of nitrogens with one attached hydrogen (secondary N) is 1. The molecule has 3 aliphatic carbocycles. The van der Waals surface area contributed by atoms with E-state index >= 15 is 0 Å². The minimum Gasteiger partial charge on any atom is -0.493 e. The molecule has 4 aliphatic rings. The Morgan fingerprint density at radius 2 is 1.91 bits per heavy atom. The van der Waals surface area contributed by atoms with Crippen molar-refractivity contribution in [3.63, 3.8) is 0 Å². The second kappa shape index (κ2) is 11.2. The Morgan fingerprint density at radius 1 is 1.16 bits per heavy atom. The molecule has 1 aliphatic heterocycles. The van der Waals surface area contributed by atoms with E-state index in [1.165, 1.54) is 7.11 Å². The number of carboxylic acid groups (broad SMARTS) is 2. The molecule has 14 heteroatoms. The summed E-state index contributed by atoms with van der Waals surface area (Å²) >= 11 is 0. The van der Waals surface area contributed by atoms with Gasteiger partial charge in [0, 0.05) is 5.56 Å². The van der Waals surface area contributed by atoms with Gasteiger partial charge in [0.15, 0.2) is 29.8 Å². The molecule has 1 amide bonds. The minimum atomic E-state index is -2.03. The molecular formula is C29H33NO13. The van der Waals surface area contributed by atoms with Gasteiger partial charge in [-0.05, 0) is 56.2 Å². The van der Waals surface area contributed by atoms with E-state index in [1.807, 2.05) is 17.4 Å². The maximum absolute atomic E-state index is 12.9. The van der Waals surface area contributed by atoms with Crippen LogP contribution in [0.1, 0.15) is 56.6 Å². The molecule has 0 saturated heterocycles. The van der Waals surface area contributed by atoms with E-state index in [2.05, 4.69) is 0 Å². The van der Waals surface area contributed by atoms with Crippen LogP contribution in [0.15, 0.2) is 24.0 Å². The molecule has 1 spiro atoms. The first-order chi connectivity index (χ1) is 20.3. The third-order valence-corrected chi connectivity index (χ3v) is 8.99. The number of ether oxygens (including phenoxy) is 4. The molecule has 232 valence electrons. The van der Waals surface area contributed by atoms with Crippen LogP contribution in [0.25, 0.3) is 0 Å². The van der Waals surface area contributed by atoms with Crippen molar-refractivity contribution >= 4 is 29.8 Å². The number of aliphatic carboxylic acids is 2. The second-order valence-corrected chi connectivity index (χ2v) is 11.4. The van der Waals surface area contributed by atoms with Crippen LogP contribution < -0.4 is 14.8 Å². The van der Waals surface area contributed by atoms with Crippen LogP contribution in [0.4, 0.5) is 0 Å². The number of amides is 1. The van der Waals surface area contributed by atoms with Crippen LogP contribution in [0.5, 0.6) is 11.5 Å². The van der Waals surface area contributed by atoms with Gasteiger partial charge in [-0.15, -0.1) is 0 Å². The minimum absolute atomic E-state index is 0.0154. The molecule has 0 aromatic heterocycles. The van der Waals surface area contributed by atoms with Crippen LogP contribution in [0.2, 0.25) is 0 Å². The lowest BCUT2D eigenvalue weighted by Gasteiger charge is -2.59. The highest BCUT2D eigenvalue weighted by atomic mass is 16.6. The molecule has 1 aromatic carbocycles. The number of hydrogen-bond donors (Lipinski definition) is 5. The van der Waals surface area contributed by atoms with E-state index < -0.39 is 78.0 Å². The highest BCUT2D eigenvalue weighted by Gasteiger charge is 2.71. The van der Waals surface area contributed by atoms with Crippen molar-refractivity contribution < 1.29 is 63.3 Å². The van der Waals surface area contributed by atoms with Crippen molar-refractivity contribution in [2.75, 3.05) is 7.11 Å². The van der Waals surface area contributed by atoms with Crippen LogP contribution >= 0.6 is 0 Å². The van der Waals surface area contributed by atoms with Gasteiger partial charge >= 0.3 is 23.9 Å². The third kappa shape index (κ3) is 4.97. The van der Waals surface area contributed by atoms with Gasteiger partial charge in [0.2, 0.25) is 0 Å². The number of carbonyl (C=O) groups is 5. The summed E-state index contributed by atoms with van der Waals surface area (Å²) in [4.78, 5) is 59.5. The van der Waals surface area contributed by atoms with Gasteiger partial charge in [-0.3, -0.25) is 14.4 Å². The van der Waals surface area contributed by atoms with Gasteiger partial charge in [0.05, 0.1) is 31.0 Å². The zero-order chi connectivity index (χ0) is 31.3. The predicted octanol–water partition coefficient (Wildman–Crippen LogP) is 0.339. The van der Waals surface area contributed by atoms with Crippen LogP contribution in [-0.2, 0) is 45.3 Å². The lowest BCUT2D eigenvalue weighted by molar-refractivity contribution is -0.168. The van der Waals surface area contributed by atoms with Crippen molar-refractivity contribution in [2.24, 2.45) is 5.92 Å². The summed E-state index contributed by atoms with van der Waals surface area (Å²) in [6, 6.07) is 2.02. The summed E-state index contributed by atoms with van der Waals surface area (Å²) < 4.78 is 22.4. The molecule has 1 heterocycles. The normalized spacial score (nSPS) is 28.1. The Hall–Kier alpha value is -4.17. The fourth-order valence-electron chi connectivity index (χ4n) is 7.07. The van der Waals surface area contributed by atoms with Crippen LogP contribution in [-0.4, -0.2) is 87.3 Å². The molecule has 5 rings (SSSR count). The second-order valence-electron chi connectivity index (χ2n) is 11.4. The molecule has 14 nitrogen and oxygen atoms in total. The largest absolute Gasteiger partial charge is 0.493 e. The zero-order valence-electron chi connectivity index (χ0n) is 23.5. The van der Waals surface area contributed by atoms with Crippen molar-refractivity contribution in [3.05, 3.63) is 35.1 Å². The van der Waals surface area contributed by atoms with Gasteiger partial charge in [-0.25, -0.2) is 9.59 Å². The third-order valence-electron chi connectivity index (χ3n) is 8.99. The summed E-state index contributed by atoms with van der Waals surface area (Å²) in [5.41, 5.74) is -0.0804. The molecule has 0 radical (unpaired) electrons. The number of aliphatic hydroxyl groups is 2. The number of carbonyl (C=O) groups excluding carboxylic acids is 3. The summed E-state index contributed by atoms with van der Waals surface area (Å²) in [6.07, 6.45) is -1.44. The quantitative estimate of drug-likeness (QED) is 0.216. The lowest BCUT2D eigenvalue weighted by atomic mass is 9.47. The van der Waals surface area contributed by atoms with Gasteiger partial charge in [-0.1, -0.05) is 12.5 Å². The van der Waals surface area contributed by atoms with Gasteiger partial charge in [0.1, 0.15) is 11.8 Å². The maximum Gasteiger partial charge on any atom is 0.336 e. The number of methoxy groups -OCH3 is 1. The number of esters is 2. The van der Waals surface area contributed by atoms with E-state index in [4.69, 9.17) is 29.2 Å². The van der Waals surface area contributed by atoms with Gasteiger partial charge in [0.25, 0.3) is 5.91 Å². The molecule has 1 aromatic rings. The van der Waals surface area contributed by atoms with Gasteiger partial charge < -0.3 is 44.7 Å². The summed E-state index contributed by atoms with van der Waals surface area (Å²) in [6.45, 7) is 1.09. The standard InChI is InChI=1S/C29H33NO13/c1-13(25(35)30-16(26(36)37)11-20(32)33)41-27(38)17(31)12-21(34)42-19-7-9-29(39)15-4-3-8-28(29)22-14(10-15)5-6-18(40-2)23(22)43-24(19)28/h5-7,13,15-17,24,31,39H,3-4,8-12H2,1-2H3,(H,30,35)(H,32,33)(H,36,37)/t13-,15-,16-,17-,24+,28+,29-/m0/s1. The molecule has 43 heavy (non-hydrogen) atoms. The molecule has 0 unspecified atom stereocenters. The Balaban J connectivity index is 1.26. The highest BCUT2D eigenvalue weighted by molar-refractivity contribution is 5.90. The monoisotopic (exact) mass is 603 g/mol. The predicted molar refractivity (Wildman–Crippen MR) is 142 cm³/mol. The number of hydrogen-bond acceptors (Lipinski definition) is 11. The number of aliphatic hydroxyl groups excluding tert-OH is 1. The average molecular weight is 604 g/mol. The Morgan fingerprint density at radius 3 is 2.58 bits per heavy atom. The Bertz CT molecular complexity index is 1400. The van der Waals surface area contributed by atoms with Crippen molar-refractivity contribution in [2.45, 2.75) is 87.2 Å². The van der Waals surface area contributed by atoms with Gasteiger partial charge in [-0.2, -0.15) is 0 Å². The molecule has 1 saturated carbocycles. The molecular weight excluding hydrogens is 570 g/mol. The first-order valence-electron chi connectivity index (χ1n) is 14.0. The fourth-order valence-corrected chi connectivity index (χ4v) is 7.07. The Labute approximate surface area is 245 Å². The van der Waals surface area contributed by atoms with E-state index in [0.29, 0.717) is 24.3 Å². The van der Waals surface area contributed by atoms with E-state index in [9.17, 15) is 34.2 Å². The smallest absolute Gasteiger partial charge is 0.336 e. The van der Waals surface area contributed by atoms with Crippen molar-refractivity contribution in [1.29, 1.82) is 0 Å². The number of carboxylic acids is 2. The van der Waals surface area contributed by atoms with E-state index in [1.54, 1.807) is 6.08 Å². The molecule has 7 atom stereocenters.